The molecule has 1 aliphatic heterocycles. The van der Waals surface area contributed by atoms with Gasteiger partial charge in [-0.1, -0.05) is 21.4 Å². The minimum absolute atomic E-state index is 0. The van der Waals surface area contributed by atoms with Crippen LogP contribution in [0.4, 0.5) is 8.78 Å². The fourth-order valence-corrected chi connectivity index (χ4v) is 2.33. The smallest absolute Gasteiger partial charge is 0.256 e. The van der Waals surface area contributed by atoms with E-state index in [2.05, 4.69) is 35.2 Å². The predicted octanol–water partition coefficient (Wildman–Crippen LogP) is 4.25. The van der Waals surface area contributed by atoms with Crippen LogP contribution in [-0.2, 0) is 32.7 Å². The Morgan fingerprint density at radius 3 is 2.48 bits per heavy atom. The minimum Gasteiger partial charge on any atom is -0.497 e. The van der Waals surface area contributed by atoms with Gasteiger partial charge in [-0.3, -0.25) is 0 Å². The molecule has 0 aliphatic carbocycles. The van der Waals surface area contributed by atoms with Gasteiger partial charge < -0.3 is 9.64 Å². The molecule has 2 nitrogen and oxygen atoms in total. The second kappa shape index (κ2) is 8.39. The van der Waals surface area contributed by atoms with Crippen molar-refractivity contribution in [1.29, 1.82) is 0 Å². The third-order valence-electron chi connectivity index (χ3n) is 2.89. The van der Waals surface area contributed by atoms with Gasteiger partial charge in [0.05, 0.1) is 13.7 Å². The maximum Gasteiger partial charge on any atom is 0.256 e. The van der Waals surface area contributed by atoms with Gasteiger partial charge in [-0.15, -0.1) is 34.7 Å². The van der Waals surface area contributed by atoms with E-state index in [-0.39, 0.29) is 32.7 Å². The first-order valence-corrected chi connectivity index (χ1v) is 6.99. The molecule has 1 radical (unpaired) electrons. The zero-order valence-electron chi connectivity index (χ0n) is 11.4. The molecule has 0 aromatic heterocycles. The monoisotopic (exact) mass is 477 g/mol. The maximum absolute atomic E-state index is 12.8. The topological polar surface area (TPSA) is 12.5 Å². The van der Waals surface area contributed by atoms with Crippen molar-refractivity contribution in [2.24, 2.45) is 0 Å². The number of alkyl halides is 2. The van der Waals surface area contributed by atoms with Gasteiger partial charge in [0.2, 0.25) is 0 Å². The molecule has 6 heteroatoms. The van der Waals surface area contributed by atoms with Crippen LogP contribution in [0.2, 0.25) is 0 Å². The largest absolute Gasteiger partial charge is 0.497 e. The molecule has 1 aliphatic rings. The number of halogens is 3. The van der Waals surface area contributed by atoms with Crippen LogP contribution in [0.15, 0.2) is 46.2 Å². The van der Waals surface area contributed by atoms with E-state index in [4.69, 9.17) is 4.74 Å². The van der Waals surface area contributed by atoms with Gasteiger partial charge in [-0.25, -0.2) is 8.78 Å². The van der Waals surface area contributed by atoms with Crippen LogP contribution in [-0.4, -0.2) is 25.0 Å². The summed E-state index contributed by atoms with van der Waals surface area (Å²) in [5.74, 6) is 0.717. The summed E-state index contributed by atoms with van der Waals surface area (Å²) in [6.45, 7) is 3.48. The molecule has 0 saturated heterocycles. The Bertz CT molecular complexity index is 570. The van der Waals surface area contributed by atoms with Crippen molar-refractivity contribution in [3.63, 3.8) is 0 Å². The molecular weight excluding hydrogens is 464 g/mol. The van der Waals surface area contributed by atoms with E-state index in [0.29, 0.717) is 11.4 Å². The van der Waals surface area contributed by atoms with E-state index in [1.54, 1.807) is 25.3 Å². The van der Waals surface area contributed by atoms with Gasteiger partial charge in [-0.2, -0.15) is 12.2 Å². The van der Waals surface area contributed by atoms with Crippen LogP contribution in [0.3, 0.4) is 0 Å². The second-order valence-corrected chi connectivity index (χ2v) is 5.32. The Morgan fingerprint density at radius 2 is 1.95 bits per heavy atom. The van der Waals surface area contributed by atoms with Crippen molar-refractivity contribution in [1.82, 2.24) is 4.90 Å². The number of hydrogen-bond acceptors (Lipinski definition) is 2. The Kier molecular flexibility index (Phi) is 7.50. The molecular formula is C15H13F2INOY-. The summed E-state index contributed by atoms with van der Waals surface area (Å²) >= 11 is 2.06. The van der Waals surface area contributed by atoms with Gasteiger partial charge in [0.15, 0.2) is 0 Å². The van der Waals surface area contributed by atoms with Crippen LogP contribution in [0.1, 0.15) is 5.56 Å². The molecule has 2 rings (SSSR count). The summed E-state index contributed by atoms with van der Waals surface area (Å²) in [4.78, 5) is 1.49. The number of ether oxygens (including phenoxy) is 1. The third-order valence-corrected chi connectivity index (χ3v) is 3.83. The van der Waals surface area contributed by atoms with Crippen LogP contribution >= 0.6 is 22.6 Å². The Balaban J connectivity index is 0.00000220. The number of rotatable bonds is 4. The molecule has 0 saturated carbocycles. The summed E-state index contributed by atoms with van der Waals surface area (Å²) in [6, 6.07) is 7.21. The van der Waals surface area contributed by atoms with Crippen molar-refractivity contribution >= 4 is 28.3 Å². The molecule has 0 unspecified atom stereocenters. The van der Waals surface area contributed by atoms with Crippen molar-refractivity contribution in [3.8, 4) is 5.75 Å². The summed E-state index contributed by atoms with van der Waals surface area (Å²) < 4.78 is 31.4. The van der Waals surface area contributed by atoms with Crippen LogP contribution in [0.25, 0.3) is 5.70 Å². The van der Waals surface area contributed by atoms with Crippen molar-refractivity contribution in [3.05, 3.63) is 57.8 Å². The third kappa shape index (κ3) is 4.60. The number of nitrogens with zero attached hydrogens (tertiary/aromatic N) is 1. The summed E-state index contributed by atoms with van der Waals surface area (Å²) in [7, 11) is 1.58. The Hall–Kier alpha value is -0.266. The molecule has 0 spiro atoms. The second-order valence-electron chi connectivity index (χ2n) is 4.16. The summed E-state index contributed by atoms with van der Waals surface area (Å²) in [5, 5.41) is 0. The van der Waals surface area contributed by atoms with Crippen LogP contribution < -0.4 is 4.74 Å². The van der Waals surface area contributed by atoms with Gasteiger partial charge in [-0.05, 0) is 17.8 Å². The predicted molar refractivity (Wildman–Crippen MR) is 83.6 cm³/mol. The quantitative estimate of drug-likeness (QED) is 0.476. The molecule has 0 bridgehead atoms. The first kappa shape index (κ1) is 18.8. The summed E-state index contributed by atoms with van der Waals surface area (Å²) in [5.41, 5.74) is 1.96. The Morgan fingerprint density at radius 1 is 1.33 bits per heavy atom. The minimum atomic E-state index is -2.44. The molecule has 0 fully saturated rings. The van der Waals surface area contributed by atoms with Gasteiger partial charge in [0.1, 0.15) is 5.75 Å². The normalized spacial score (nSPS) is 14.5. The molecule has 109 valence electrons. The SMILES string of the molecule is C=C1C(I)=C[C-]=C(c2ccc(OC)cc2)N1CC(F)F.[Y]. The number of hydrogen-bond donors (Lipinski definition) is 0. The molecule has 1 aromatic rings. The number of methoxy groups -OCH3 is 1. The van der Waals surface area contributed by atoms with E-state index >= 15 is 0 Å². The standard InChI is InChI=1S/C15H13F2INO.Y/c1-10-13(18)7-8-14(19(10)9-15(16)17)11-3-5-12(20-2)6-4-11;/h3-7,15H,1,9H2,2H3;/q-1;. The molecule has 0 amide bonds. The molecule has 21 heavy (non-hydrogen) atoms. The van der Waals surface area contributed by atoms with Crippen molar-refractivity contribution in [2.45, 2.75) is 6.43 Å². The average molecular weight is 477 g/mol. The first-order chi connectivity index (χ1) is 9.52. The zero-order chi connectivity index (χ0) is 14.7. The van der Waals surface area contributed by atoms with E-state index in [1.165, 1.54) is 4.90 Å². The van der Waals surface area contributed by atoms with E-state index in [0.717, 1.165) is 14.9 Å². The van der Waals surface area contributed by atoms with Gasteiger partial charge in [0.25, 0.3) is 6.43 Å². The first-order valence-electron chi connectivity index (χ1n) is 5.91. The van der Waals surface area contributed by atoms with E-state index in [1.807, 2.05) is 12.1 Å². The van der Waals surface area contributed by atoms with Gasteiger partial charge in [0, 0.05) is 32.7 Å². The maximum atomic E-state index is 12.8. The van der Waals surface area contributed by atoms with E-state index < -0.39 is 13.0 Å². The number of benzene rings is 1. The average Bonchev–Trinajstić information content (AvgIpc) is 2.44. The fourth-order valence-electron chi connectivity index (χ4n) is 1.88. The van der Waals surface area contributed by atoms with Crippen molar-refractivity contribution in [2.75, 3.05) is 13.7 Å². The van der Waals surface area contributed by atoms with Crippen molar-refractivity contribution < 1.29 is 46.2 Å². The fraction of sp³-hybridized carbons (Fsp3) is 0.200. The Labute approximate surface area is 161 Å². The molecule has 1 aromatic carbocycles. The van der Waals surface area contributed by atoms with Gasteiger partial charge >= 0.3 is 0 Å². The van der Waals surface area contributed by atoms with Crippen LogP contribution in [0, 0.1) is 6.08 Å². The van der Waals surface area contributed by atoms with Crippen LogP contribution in [0.5, 0.6) is 5.75 Å². The molecule has 0 N–H and O–H groups in total. The zero-order valence-corrected chi connectivity index (χ0v) is 16.4. The number of allylic oxidation sites excluding steroid dienone is 3. The molecule has 1 heterocycles. The summed E-state index contributed by atoms with van der Waals surface area (Å²) in [6.07, 6.45) is 2.36. The molecule has 0 atom stereocenters. The van der Waals surface area contributed by atoms with E-state index in [9.17, 15) is 8.78 Å².